The average Bonchev–Trinajstić information content (AvgIpc) is 2.60. The molecule has 0 aromatic carbocycles. The lowest BCUT2D eigenvalue weighted by Gasteiger charge is -2.30. The first-order chi connectivity index (χ1) is 11.8. The van der Waals surface area contributed by atoms with Crippen molar-refractivity contribution < 1.29 is 14.3 Å². The van der Waals surface area contributed by atoms with Crippen LogP contribution in [0.5, 0.6) is 0 Å². The molecule has 1 aliphatic carbocycles. The zero-order valence-corrected chi connectivity index (χ0v) is 15.8. The van der Waals surface area contributed by atoms with Crippen LogP contribution in [-0.4, -0.2) is 24.8 Å². The Balaban J connectivity index is 1.98. The van der Waals surface area contributed by atoms with Crippen molar-refractivity contribution >= 4 is 5.97 Å². The third kappa shape index (κ3) is 10.1. The van der Waals surface area contributed by atoms with E-state index < -0.39 is 0 Å². The van der Waals surface area contributed by atoms with Crippen LogP contribution in [-0.2, 0) is 14.3 Å². The number of hydrogen-bond acceptors (Lipinski definition) is 3. The topological polar surface area (TPSA) is 35.5 Å². The SMILES string of the molecule is C=CC(=O)OC1CCCCC1OCCCCCCCCCCCC. The van der Waals surface area contributed by atoms with Gasteiger partial charge in [-0.1, -0.05) is 77.7 Å². The van der Waals surface area contributed by atoms with Crippen LogP contribution in [0.3, 0.4) is 0 Å². The average molecular weight is 339 g/mol. The minimum Gasteiger partial charge on any atom is -0.456 e. The van der Waals surface area contributed by atoms with E-state index in [0.717, 1.165) is 32.3 Å². The van der Waals surface area contributed by atoms with Crippen LogP contribution in [0, 0.1) is 0 Å². The van der Waals surface area contributed by atoms with Gasteiger partial charge in [-0.25, -0.2) is 4.79 Å². The molecule has 1 saturated carbocycles. The maximum absolute atomic E-state index is 11.4. The molecule has 0 heterocycles. The highest BCUT2D eigenvalue weighted by atomic mass is 16.6. The second-order valence-electron chi connectivity index (χ2n) is 7.06. The monoisotopic (exact) mass is 338 g/mol. The summed E-state index contributed by atoms with van der Waals surface area (Å²) in [6, 6.07) is 0. The van der Waals surface area contributed by atoms with Crippen molar-refractivity contribution in [2.45, 2.75) is 109 Å². The molecular formula is C21H38O3. The number of ether oxygens (including phenoxy) is 2. The van der Waals surface area contributed by atoms with E-state index in [1.165, 1.54) is 70.3 Å². The number of esters is 1. The normalized spacial score (nSPS) is 20.7. The molecule has 140 valence electrons. The van der Waals surface area contributed by atoms with E-state index in [4.69, 9.17) is 9.47 Å². The Hall–Kier alpha value is -0.830. The second kappa shape index (κ2) is 14.5. The van der Waals surface area contributed by atoms with Gasteiger partial charge < -0.3 is 9.47 Å². The summed E-state index contributed by atoms with van der Waals surface area (Å²) in [5, 5.41) is 0. The predicted octanol–water partition coefficient (Wildman–Crippen LogP) is 5.96. The lowest BCUT2D eigenvalue weighted by Crippen LogP contribution is -2.36. The molecule has 0 spiro atoms. The molecule has 0 aliphatic heterocycles. The fourth-order valence-electron chi connectivity index (χ4n) is 3.41. The Bertz CT molecular complexity index is 327. The lowest BCUT2D eigenvalue weighted by molar-refractivity contribution is -0.155. The van der Waals surface area contributed by atoms with Crippen LogP contribution in [0.25, 0.3) is 0 Å². The molecule has 1 fully saturated rings. The Labute approximate surface area is 149 Å². The van der Waals surface area contributed by atoms with Crippen molar-refractivity contribution in [2.24, 2.45) is 0 Å². The zero-order chi connectivity index (χ0) is 17.5. The van der Waals surface area contributed by atoms with Crippen molar-refractivity contribution in [3.8, 4) is 0 Å². The Kier molecular flexibility index (Phi) is 12.8. The smallest absolute Gasteiger partial charge is 0.330 e. The summed E-state index contributed by atoms with van der Waals surface area (Å²) in [6.07, 6.45) is 18.8. The molecule has 2 unspecified atom stereocenters. The van der Waals surface area contributed by atoms with E-state index in [0.29, 0.717) is 0 Å². The van der Waals surface area contributed by atoms with Crippen LogP contribution >= 0.6 is 0 Å². The molecule has 3 heteroatoms. The number of hydrogen-bond donors (Lipinski definition) is 0. The summed E-state index contributed by atoms with van der Waals surface area (Å²) >= 11 is 0. The van der Waals surface area contributed by atoms with Gasteiger partial charge in [0.05, 0.1) is 6.10 Å². The Morgan fingerprint density at radius 2 is 1.46 bits per heavy atom. The van der Waals surface area contributed by atoms with Gasteiger partial charge in [0.25, 0.3) is 0 Å². The summed E-state index contributed by atoms with van der Waals surface area (Å²) in [5.74, 6) is -0.325. The lowest BCUT2D eigenvalue weighted by atomic mass is 9.94. The van der Waals surface area contributed by atoms with E-state index in [-0.39, 0.29) is 18.2 Å². The molecular weight excluding hydrogens is 300 g/mol. The molecule has 24 heavy (non-hydrogen) atoms. The van der Waals surface area contributed by atoms with Crippen molar-refractivity contribution in [2.75, 3.05) is 6.61 Å². The van der Waals surface area contributed by atoms with Crippen LogP contribution in [0.4, 0.5) is 0 Å². The summed E-state index contributed by atoms with van der Waals surface area (Å²) < 4.78 is 11.4. The van der Waals surface area contributed by atoms with Gasteiger partial charge in [0, 0.05) is 12.7 Å². The molecule has 3 nitrogen and oxygen atoms in total. The highest BCUT2D eigenvalue weighted by Gasteiger charge is 2.28. The standard InChI is InChI=1S/C21H38O3/c1-3-5-6-7-8-9-10-11-12-15-18-23-19-16-13-14-17-20(19)24-21(22)4-2/h4,19-20H,2-3,5-18H2,1H3. The third-order valence-corrected chi connectivity index (χ3v) is 4.91. The van der Waals surface area contributed by atoms with Crippen molar-refractivity contribution in [1.82, 2.24) is 0 Å². The third-order valence-electron chi connectivity index (χ3n) is 4.91. The van der Waals surface area contributed by atoms with Crippen LogP contribution < -0.4 is 0 Å². The van der Waals surface area contributed by atoms with Gasteiger partial charge in [-0.2, -0.15) is 0 Å². The minimum atomic E-state index is -0.325. The van der Waals surface area contributed by atoms with Gasteiger partial charge >= 0.3 is 5.97 Å². The first-order valence-corrected chi connectivity index (χ1v) is 10.2. The van der Waals surface area contributed by atoms with Gasteiger partial charge in [0.15, 0.2) is 0 Å². The van der Waals surface area contributed by atoms with E-state index in [9.17, 15) is 4.79 Å². The van der Waals surface area contributed by atoms with Crippen LogP contribution in [0.1, 0.15) is 96.8 Å². The Morgan fingerprint density at radius 3 is 2.04 bits per heavy atom. The second-order valence-corrected chi connectivity index (χ2v) is 7.06. The van der Waals surface area contributed by atoms with Gasteiger partial charge in [0.1, 0.15) is 6.10 Å². The molecule has 1 aliphatic rings. The molecule has 0 radical (unpaired) electrons. The van der Waals surface area contributed by atoms with E-state index in [2.05, 4.69) is 13.5 Å². The van der Waals surface area contributed by atoms with Crippen molar-refractivity contribution in [3.63, 3.8) is 0 Å². The minimum absolute atomic E-state index is 0.0765. The number of carbonyl (C=O) groups excluding carboxylic acids is 1. The molecule has 0 N–H and O–H groups in total. The molecule has 0 bridgehead atoms. The van der Waals surface area contributed by atoms with Crippen molar-refractivity contribution in [3.05, 3.63) is 12.7 Å². The summed E-state index contributed by atoms with van der Waals surface area (Å²) in [5.41, 5.74) is 0. The van der Waals surface area contributed by atoms with Gasteiger partial charge in [-0.15, -0.1) is 0 Å². The number of carbonyl (C=O) groups is 1. The quantitative estimate of drug-likeness (QED) is 0.222. The molecule has 0 aromatic rings. The van der Waals surface area contributed by atoms with Crippen LogP contribution in [0.15, 0.2) is 12.7 Å². The summed E-state index contributed by atoms with van der Waals surface area (Å²) in [4.78, 5) is 11.4. The Morgan fingerprint density at radius 1 is 0.917 bits per heavy atom. The molecule has 2 atom stereocenters. The van der Waals surface area contributed by atoms with E-state index in [1.54, 1.807) is 0 Å². The largest absolute Gasteiger partial charge is 0.456 e. The summed E-state index contributed by atoms with van der Waals surface area (Å²) in [7, 11) is 0. The van der Waals surface area contributed by atoms with Gasteiger partial charge in [-0.3, -0.25) is 0 Å². The molecule has 1 rings (SSSR count). The number of rotatable bonds is 14. The maximum atomic E-state index is 11.4. The maximum Gasteiger partial charge on any atom is 0.330 e. The van der Waals surface area contributed by atoms with Crippen molar-refractivity contribution in [1.29, 1.82) is 0 Å². The molecule has 0 aromatic heterocycles. The number of unbranched alkanes of at least 4 members (excludes halogenated alkanes) is 9. The zero-order valence-electron chi connectivity index (χ0n) is 15.8. The van der Waals surface area contributed by atoms with E-state index >= 15 is 0 Å². The first kappa shape index (κ1) is 21.2. The predicted molar refractivity (Wildman–Crippen MR) is 100 cm³/mol. The molecule has 0 amide bonds. The fraction of sp³-hybridized carbons (Fsp3) is 0.857. The first-order valence-electron chi connectivity index (χ1n) is 10.2. The summed E-state index contributed by atoms with van der Waals surface area (Å²) in [6.45, 7) is 6.53. The van der Waals surface area contributed by atoms with Gasteiger partial charge in [-0.05, 0) is 25.7 Å². The van der Waals surface area contributed by atoms with Gasteiger partial charge in [0.2, 0.25) is 0 Å². The molecule has 0 saturated heterocycles. The highest BCUT2D eigenvalue weighted by Crippen LogP contribution is 2.24. The fourth-order valence-corrected chi connectivity index (χ4v) is 3.41. The highest BCUT2D eigenvalue weighted by molar-refractivity contribution is 5.81. The van der Waals surface area contributed by atoms with Crippen LogP contribution in [0.2, 0.25) is 0 Å². The van der Waals surface area contributed by atoms with E-state index in [1.807, 2.05) is 0 Å².